The monoisotopic (exact) mass is 177 g/mol. The number of para-hydroxylation sites is 2. The molecule has 1 aromatic carbocycles. The molecule has 0 unspecified atom stereocenters. The normalized spacial score (nSPS) is 25.9. The highest BCUT2D eigenvalue weighted by molar-refractivity contribution is 5.64. The van der Waals surface area contributed by atoms with Crippen molar-refractivity contribution in [3.63, 3.8) is 0 Å². The smallest absolute Gasteiger partial charge is 0.142 e. The van der Waals surface area contributed by atoms with Crippen molar-refractivity contribution in [1.82, 2.24) is 0 Å². The van der Waals surface area contributed by atoms with Crippen LogP contribution in [0.3, 0.4) is 0 Å². The van der Waals surface area contributed by atoms with E-state index in [9.17, 15) is 0 Å². The number of hydrogen-bond donors (Lipinski definition) is 0. The van der Waals surface area contributed by atoms with Gasteiger partial charge in [0.25, 0.3) is 0 Å². The average molecular weight is 177 g/mol. The molecule has 0 aliphatic carbocycles. The predicted molar refractivity (Wildman–Crippen MR) is 54.4 cm³/mol. The molecule has 1 aliphatic heterocycles. The fourth-order valence-corrected chi connectivity index (χ4v) is 1.79. The standard InChI is InChI=1S/C11H15NO/c1-8-9(2)12(8)10-6-4-5-7-11(10)13-3/h4-9H,1-3H3/t8-,9+,12?. The van der Waals surface area contributed by atoms with E-state index in [4.69, 9.17) is 4.74 Å². The first-order valence-electron chi connectivity index (χ1n) is 4.67. The molecule has 1 aromatic rings. The van der Waals surface area contributed by atoms with E-state index in [1.54, 1.807) is 7.11 Å². The number of ether oxygens (including phenoxy) is 1. The predicted octanol–water partition coefficient (Wildman–Crippen LogP) is 2.29. The Morgan fingerprint density at radius 3 is 2.31 bits per heavy atom. The number of nitrogens with zero attached hydrogens (tertiary/aromatic N) is 1. The molecule has 1 aliphatic rings. The summed E-state index contributed by atoms with van der Waals surface area (Å²) in [6.07, 6.45) is 0. The van der Waals surface area contributed by atoms with E-state index in [1.165, 1.54) is 5.69 Å². The van der Waals surface area contributed by atoms with E-state index in [-0.39, 0.29) is 0 Å². The second kappa shape index (κ2) is 2.95. The molecular formula is C11H15NO. The lowest BCUT2D eigenvalue weighted by Crippen LogP contribution is -1.99. The fraction of sp³-hybridized carbons (Fsp3) is 0.455. The molecule has 2 nitrogen and oxygen atoms in total. The molecule has 0 saturated carbocycles. The van der Waals surface area contributed by atoms with Gasteiger partial charge in [-0.1, -0.05) is 12.1 Å². The van der Waals surface area contributed by atoms with E-state index >= 15 is 0 Å². The van der Waals surface area contributed by atoms with Gasteiger partial charge in [0, 0.05) is 12.1 Å². The van der Waals surface area contributed by atoms with Crippen molar-refractivity contribution in [3.05, 3.63) is 24.3 Å². The van der Waals surface area contributed by atoms with Crippen LogP contribution in [-0.4, -0.2) is 19.2 Å². The van der Waals surface area contributed by atoms with Gasteiger partial charge < -0.3 is 9.64 Å². The lowest BCUT2D eigenvalue weighted by molar-refractivity contribution is 0.416. The van der Waals surface area contributed by atoms with Gasteiger partial charge in [-0.2, -0.15) is 0 Å². The second-order valence-electron chi connectivity index (χ2n) is 3.56. The van der Waals surface area contributed by atoms with Gasteiger partial charge >= 0.3 is 0 Å². The van der Waals surface area contributed by atoms with Crippen LogP contribution in [-0.2, 0) is 0 Å². The van der Waals surface area contributed by atoms with Crippen molar-refractivity contribution in [2.75, 3.05) is 12.0 Å². The summed E-state index contributed by atoms with van der Waals surface area (Å²) < 4.78 is 5.30. The third-order valence-electron chi connectivity index (χ3n) is 2.85. The first kappa shape index (κ1) is 8.42. The number of hydrogen-bond acceptors (Lipinski definition) is 2. The van der Waals surface area contributed by atoms with Crippen LogP contribution >= 0.6 is 0 Å². The topological polar surface area (TPSA) is 12.2 Å². The quantitative estimate of drug-likeness (QED) is 0.642. The minimum atomic E-state index is 0.649. The van der Waals surface area contributed by atoms with Crippen LogP contribution in [0.25, 0.3) is 0 Å². The Morgan fingerprint density at radius 1 is 1.15 bits per heavy atom. The summed E-state index contributed by atoms with van der Waals surface area (Å²) >= 11 is 0. The van der Waals surface area contributed by atoms with Crippen LogP contribution in [0.1, 0.15) is 13.8 Å². The lowest BCUT2D eigenvalue weighted by atomic mass is 10.3. The summed E-state index contributed by atoms with van der Waals surface area (Å²) in [4.78, 5) is 2.36. The Labute approximate surface area is 79.1 Å². The van der Waals surface area contributed by atoms with Crippen molar-refractivity contribution in [2.24, 2.45) is 0 Å². The van der Waals surface area contributed by atoms with Gasteiger partial charge in [0.15, 0.2) is 0 Å². The van der Waals surface area contributed by atoms with Gasteiger partial charge in [-0.3, -0.25) is 0 Å². The molecule has 70 valence electrons. The van der Waals surface area contributed by atoms with Gasteiger partial charge in [-0.05, 0) is 26.0 Å². The minimum Gasteiger partial charge on any atom is -0.495 e. The van der Waals surface area contributed by atoms with Crippen molar-refractivity contribution in [2.45, 2.75) is 25.9 Å². The maximum absolute atomic E-state index is 5.30. The summed E-state index contributed by atoms with van der Waals surface area (Å²) in [7, 11) is 1.72. The molecule has 2 rings (SSSR count). The van der Waals surface area contributed by atoms with Crippen LogP contribution in [0.4, 0.5) is 5.69 Å². The SMILES string of the molecule is COc1ccccc1N1[C@H](C)[C@@H]1C. The van der Waals surface area contributed by atoms with Crippen LogP contribution in [0.5, 0.6) is 5.75 Å². The first-order valence-corrected chi connectivity index (χ1v) is 4.67. The van der Waals surface area contributed by atoms with Gasteiger partial charge in [-0.15, -0.1) is 0 Å². The van der Waals surface area contributed by atoms with Crippen LogP contribution in [0, 0.1) is 0 Å². The average Bonchev–Trinajstić information content (AvgIpc) is 2.75. The summed E-state index contributed by atoms with van der Waals surface area (Å²) in [6.45, 7) is 4.47. The molecule has 0 radical (unpaired) electrons. The minimum absolute atomic E-state index is 0.649. The third kappa shape index (κ3) is 1.26. The first-order chi connectivity index (χ1) is 6.25. The molecular weight excluding hydrogens is 162 g/mol. The van der Waals surface area contributed by atoms with Crippen molar-refractivity contribution in [3.8, 4) is 5.75 Å². The Hall–Kier alpha value is -1.18. The zero-order chi connectivity index (χ0) is 9.42. The Kier molecular flexibility index (Phi) is 1.91. The van der Waals surface area contributed by atoms with E-state index in [0.29, 0.717) is 12.1 Å². The number of benzene rings is 1. The van der Waals surface area contributed by atoms with Crippen molar-refractivity contribution < 1.29 is 4.74 Å². The summed E-state index contributed by atoms with van der Waals surface area (Å²) in [5.74, 6) is 0.971. The maximum atomic E-state index is 5.30. The molecule has 0 N–H and O–H groups in total. The van der Waals surface area contributed by atoms with E-state index in [0.717, 1.165) is 5.75 Å². The van der Waals surface area contributed by atoms with E-state index in [1.807, 2.05) is 12.1 Å². The molecule has 0 bridgehead atoms. The largest absolute Gasteiger partial charge is 0.495 e. The number of rotatable bonds is 2. The molecule has 0 spiro atoms. The van der Waals surface area contributed by atoms with E-state index < -0.39 is 0 Å². The zero-order valence-corrected chi connectivity index (χ0v) is 8.32. The Balaban J connectivity index is 2.30. The second-order valence-corrected chi connectivity index (χ2v) is 3.56. The molecule has 1 fully saturated rings. The van der Waals surface area contributed by atoms with Gasteiger partial charge in [0.1, 0.15) is 5.75 Å². The molecule has 13 heavy (non-hydrogen) atoms. The van der Waals surface area contributed by atoms with Crippen LogP contribution in [0.2, 0.25) is 0 Å². The van der Waals surface area contributed by atoms with Gasteiger partial charge in [0.05, 0.1) is 12.8 Å². The highest BCUT2D eigenvalue weighted by Gasteiger charge is 2.40. The van der Waals surface area contributed by atoms with Crippen LogP contribution in [0.15, 0.2) is 24.3 Å². The van der Waals surface area contributed by atoms with Crippen LogP contribution < -0.4 is 9.64 Å². The Bertz CT molecular complexity index is 303. The third-order valence-corrected chi connectivity index (χ3v) is 2.85. The number of methoxy groups -OCH3 is 1. The van der Waals surface area contributed by atoms with Gasteiger partial charge in [-0.25, -0.2) is 0 Å². The van der Waals surface area contributed by atoms with E-state index in [2.05, 4.69) is 30.9 Å². The maximum Gasteiger partial charge on any atom is 0.142 e. The molecule has 0 aromatic heterocycles. The zero-order valence-electron chi connectivity index (χ0n) is 8.32. The highest BCUT2D eigenvalue weighted by atomic mass is 16.5. The fourth-order valence-electron chi connectivity index (χ4n) is 1.79. The summed E-state index contributed by atoms with van der Waals surface area (Å²) in [5, 5.41) is 0. The summed E-state index contributed by atoms with van der Waals surface area (Å²) in [6, 6.07) is 9.47. The summed E-state index contributed by atoms with van der Waals surface area (Å²) in [5.41, 5.74) is 1.21. The molecule has 1 heterocycles. The van der Waals surface area contributed by atoms with Crippen molar-refractivity contribution in [1.29, 1.82) is 0 Å². The molecule has 1 saturated heterocycles. The van der Waals surface area contributed by atoms with Gasteiger partial charge in [0.2, 0.25) is 0 Å². The molecule has 2 atom stereocenters. The highest BCUT2D eigenvalue weighted by Crippen LogP contribution is 2.40. The van der Waals surface area contributed by atoms with Crippen molar-refractivity contribution >= 4 is 5.69 Å². The molecule has 0 amide bonds. The number of anilines is 1. The lowest BCUT2D eigenvalue weighted by Gasteiger charge is -2.09. The molecule has 2 heteroatoms. The Morgan fingerprint density at radius 2 is 1.77 bits per heavy atom.